The van der Waals surface area contributed by atoms with Gasteiger partial charge in [0.25, 0.3) is 0 Å². The number of methoxy groups -OCH3 is 1. The van der Waals surface area contributed by atoms with Crippen molar-refractivity contribution < 1.29 is 9.47 Å². The summed E-state index contributed by atoms with van der Waals surface area (Å²) in [6, 6.07) is 0. The maximum atomic E-state index is 5.44. The first kappa shape index (κ1) is 14.1. The van der Waals surface area contributed by atoms with E-state index in [9.17, 15) is 0 Å². The van der Waals surface area contributed by atoms with Crippen LogP contribution in [0.3, 0.4) is 0 Å². The van der Waals surface area contributed by atoms with Crippen LogP contribution in [-0.4, -0.2) is 48.5 Å². The Balaban J connectivity index is 2.12. The predicted octanol–water partition coefficient (Wildman–Crippen LogP) is 0.223. The molecule has 1 aromatic rings. The molecule has 2 N–H and O–H groups in total. The Bertz CT molecular complexity index is 291. The van der Waals surface area contributed by atoms with Gasteiger partial charge in [-0.15, -0.1) is 5.10 Å². The molecule has 0 aliphatic heterocycles. The van der Waals surface area contributed by atoms with Gasteiger partial charge in [-0.2, -0.15) is 0 Å². The van der Waals surface area contributed by atoms with Crippen LogP contribution in [0.25, 0.3) is 0 Å². The molecule has 0 saturated carbocycles. The van der Waals surface area contributed by atoms with E-state index >= 15 is 0 Å². The van der Waals surface area contributed by atoms with Crippen molar-refractivity contribution in [3.8, 4) is 0 Å². The third-order valence-electron chi connectivity index (χ3n) is 2.37. The first-order chi connectivity index (χ1) is 8.36. The molecule has 0 radical (unpaired) electrons. The maximum Gasteiger partial charge on any atom is 0.0827 e. The lowest BCUT2D eigenvalue weighted by molar-refractivity contribution is 0.0652. The average Bonchev–Trinajstić information content (AvgIpc) is 2.77. The molecule has 1 heterocycles. The summed E-state index contributed by atoms with van der Waals surface area (Å²) in [4.78, 5) is 0. The van der Waals surface area contributed by atoms with Crippen LogP contribution < -0.4 is 5.73 Å². The van der Waals surface area contributed by atoms with Gasteiger partial charge in [-0.3, -0.25) is 0 Å². The molecule has 0 spiro atoms. The van der Waals surface area contributed by atoms with Gasteiger partial charge in [0.05, 0.1) is 32.1 Å². The van der Waals surface area contributed by atoms with Crippen LogP contribution in [0, 0.1) is 0 Å². The highest BCUT2D eigenvalue weighted by Gasteiger charge is 2.00. The Morgan fingerprint density at radius 2 is 2.18 bits per heavy atom. The van der Waals surface area contributed by atoms with E-state index in [2.05, 4.69) is 10.3 Å². The Morgan fingerprint density at radius 3 is 2.94 bits per heavy atom. The molecule has 1 aromatic heterocycles. The summed E-state index contributed by atoms with van der Waals surface area (Å²) in [5.41, 5.74) is 6.46. The lowest BCUT2D eigenvalue weighted by Gasteiger charge is -2.02. The van der Waals surface area contributed by atoms with Crippen LogP contribution in [0.4, 0.5) is 0 Å². The van der Waals surface area contributed by atoms with Crippen molar-refractivity contribution in [3.63, 3.8) is 0 Å². The monoisotopic (exact) mass is 242 g/mol. The molecule has 0 bridgehead atoms. The average molecular weight is 242 g/mol. The molecule has 6 heteroatoms. The van der Waals surface area contributed by atoms with Crippen molar-refractivity contribution in [3.05, 3.63) is 11.9 Å². The van der Waals surface area contributed by atoms with Crippen molar-refractivity contribution in [1.82, 2.24) is 15.0 Å². The van der Waals surface area contributed by atoms with Crippen LogP contribution in [-0.2, 0) is 22.4 Å². The van der Waals surface area contributed by atoms with Crippen LogP contribution in [0.15, 0.2) is 6.20 Å². The summed E-state index contributed by atoms with van der Waals surface area (Å²) in [5, 5.41) is 8.13. The Labute approximate surface area is 102 Å². The third-order valence-corrected chi connectivity index (χ3v) is 2.37. The topological polar surface area (TPSA) is 75.2 Å². The minimum absolute atomic E-state index is 0.620. The van der Waals surface area contributed by atoms with Crippen molar-refractivity contribution in [1.29, 1.82) is 0 Å². The smallest absolute Gasteiger partial charge is 0.0827 e. The molecular formula is C11H22N4O2. The van der Waals surface area contributed by atoms with Crippen LogP contribution >= 0.6 is 0 Å². The number of nitrogens with two attached hydrogens (primary N) is 1. The van der Waals surface area contributed by atoms with Crippen molar-refractivity contribution in [2.75, 3.05) is 33.5 Å². The van der Waals surface area contributed by atoms with Gasteiger partial charge in [0.1, 0.15) is 0 Å². The number of aryl methyl sites for hydroxylation is 1. The molecule has 0 aliphatic rings. The van der Waals surface area contributed by atoms with E-state index in [0.717, 1.165) is 38.0 Å². The molecule has 1 rings (SSSR count). The molecule has 0 aromatic carbocycles. The summed E-state index contributed by atoms with van der Waals surface area (Å²) < 4.78 is 12.0. The number of ether oxygens (including phenoxy) is 2. The zero-order chi connectivity index (χ0) is 12.3. The van der Waals surface area contributed by atoms with Gasteiger partial charge in [0.15, 0.2) is 0 Å². The molecular weight excluding hydrogens is 220 g/mol. The van der Waals surface area contributed by atoms with E-state index < -0.39 is 0 Å². The van der Waals surface area contributed by atoms with Gasteiger partial charge in [0, 0.05) is 13.3 Å². The second-order valence-corrected chi connectivity index (χ2v) is 3.82. The highest BCUT2D eigenvalue weighted by molar-refractivity contribution is 4.92. The summed E-state index contributed by atoms with van der Waals surface area (Å²) in [5.74, 6) is 0. The van der Waals surface area contributed by atoms with Gasteiger partial charge in [-0.05, 0) is 25.8 Å². The number of hydrogen-bond acceptors (Lipinski definition) is 5. The largest absolute Gasteiger partial charge is 0.382 e. The van der Waals surface area contributed by atoms with Gasteiger partial charge in [-0.1, -0.05) is 5.21 Å². The second kappa shape index (κ2) is 9.09. The molecule has 0 amide bonds. The number of hydrogen-bond donors (Lipinski definition) is 1. The first-order valence-electron chi connectivity index (χ1n) is 6.02. The molecule has 98 valence electrons. The molecule has 17 heavy (non-hydrogen) atoms. The third kappa shape index (κ3) is 6.35. The maximum absolute atomic E-state index is 5.44. The quantitative estimate of drug-likeness (QED) is 0.594. The fourth-order valence-corrected chi connectivity index (χ4v) is 1.42. The highest BCUT2D eigenvalue weighted by Crippen LogP contribution is 2.00. The van der Waals surface area contributed by atoms with Crippen molar-refractivity contribution in [2.24, 2.45) is 5.73 Å². The minimum Gasteiger partial charge on any atom is -0.382 e. The second-order valence-electron chi connectivity index (χ2n) is 3.82. The van der Waals surface area contributed by atoms with E-state index in [4.69, 9.17) is 15.2 Å². The van der Waals surface area contributed by atoms with Crippen molar-refractivity contribution >= 4 is 0 Å². The molecule has 0 unspecified atom stereocenters. The van der Waals surface area contributed by atoms with Crippen LogP contribution in [0.1, 0.15) is 18.5 Å². The van der Waals surface area contributed by atoms with E-state index in [1.165, 1.54) is 0 Å². The van der Waals surface area contributed by atoms with E-state index in [1.807, 2.05) is 10.9 Å². The molecule has 6 nitrogen and oxygen atoms in total. The standard InChI is InChI=1S/C11H22N4O2/c1-16-8-9-17-7-6-15-10-11(13-14-15)4-2-3-5-12/h10H,2-9,12H2,1H3. The summed E-state index contributed by atoms with van der Waals surface area (Å²) in [6.45, 7) is 3.35. The molecule has 0 aliphatic carbocycles. The Kier molecular flexibility index (Phi) is 7.53. The van der Waals surface area contributed by atoms with Gasteiger partial charge < -0.3 is 15.2 Å². The van der Waals surface area contributed by atoms with Crippen molar-refractivity contribution in [2.45, 2.75) is 25.8 Å². The lowest BCUT2D eigenvalue weighted by atomic mass is 10.2. The molecule has 0 atom stereocenters. The fraction of sp³-hybridized carbons (Fsp3) is 0.818. The fourth-order valence-electron chi connectivity index (χ4n) is 1.42. The minimum atomic E-state index is 0.620. The van der Waals surface area contributed by atoms with Crippen LogP contribution in [0.5, 0.6) is 0 Å². The van der Waals surface area contributed by atoms with E-state index in [1.54, 1.807) is 7.11 Å². The lowest BCUT2D eigenvalue weighted by Crippen LogP contribution is -2.09. The van der Waals surface area contributed by atoms with Gasteiger partial charge >= 0.3 is 0 Å². The van der Waals surface area contributed by atoms with E-state index in [-0.39, 0.29) is 0 Å². The molecule has 0 saturated heterocycles. The Hall–Kier alpha value is -0.980. The number of rotatable bonds is 10. The van der Waals surface area contributed by atoms with E-state index in [0.29, 0.717) is 19.8 Å². The SMILES string of the molecule is COCCOCCn1cc(CCCCN)nn1. The predicted molar refractivity (Wildman–Crippen MR) is 64.7 cm³/mol. The van der Waals surface area contributed by atoms with Gasteiger partial charge in [0.2, 0.25) is 0 Å². The first-order valence-corrected chi connectivity index (χ1v) is 6.02. The summed E-state index contributed by atoms with van der Waals surface area (Å²) in [6.07, 6.45) is 5.02. The van der Waals surface area contributed by atoms with Crippen LogP contribution in [0.2, 0.25) is 0 Å². The Morgan fingerprint density at radius 1 is 1.29 bits per heavy atom. The number of unbranched alkanes of at least 4 members (excludes halogenated alkanes) is 1. The summed E-state index contributed by atoms with van der Waals surface area (Å²) in [7, 11) is 1.66. The highest BCUT2D eigenvalue weighted by atomic mass is 16.5. The zero-order valence-electron chi connectivity index (χ0n) is 10.5. The van der Waals surface area contributed by atoms with Gasteiger partial charge in [-0.25, -0.2) is 4.68 Å². The molecule has 0 fully saturated rings. The number of nitrogens with zero attached hydrogens (tertiary/aromatic N) is 3. The zero-order valence-corrected chi connectivity index (χ0v) is 10.5. The number of aromatic nitrogens is 3. The summed E-state index contributed by atoms with van der Waals surface area (Å²) >= 11 is 0. The normalized spacial score (nSPS) is 10.9.